The number of carbonyl (C=O) groups excluding carboxylic acids is 3. The van der Waals surface area contributed by atoms with E-state index in [1.54, 1.807) is 26.9 Å². The van der Waals surface area contributed by atoms with Crippen LogP contribution in [0.1, 0.15) is 46.5 Å². The van der Waals surface area contributed by atoms with E-state index in [0.29, 0.717) is 44.6 Å². The van der Waals surface area contributed by atoms with Crippen molar-refractivity contribution < 1.29 is 24.2 Å². The van der Waals surface area contributed by atoms with Crippen LogP contribution < -0.4 is 9.80 Å². The van der Waals surface area contributed by atoms with E-state index in [-0.39, 0.29) is 35.7 Å². The minimum absolute atomic E-state index is 0.00657. The van der Waals surface area contributed by atoms with Gasteiger partial charge in [-0.1, -0.05) is 35.0 Å². The number of amides is 3. The zero-order valence-electron chi connectivity index (χ0n) is 25.8. The first-order valence-electron chi connectivity index (χ1n) is 15.6. The van der Waals surface area contributed by atoms with E-state index in [1.165, 1.54) is 0 Å². The molecule has 3 unspecified atom stereocenters. The highest BCUT2D eigenvalue weighted by molar-refractivity contribution is 9.09. The molecule has 0 aliphatic carbocycles. The van der Waals surface area contributed by atoms with Crippen LogP contribution in [0.5, 0.6) is 0 Å². The second-order valence-corrected chi connectivity index (χ2v) is 12.8. The van der Waals surface area contributed by atoms with Crippen molar-refractivity contribution in [1.29, 1.82) is 0 Å². The van der Waals surface area contributed by atoms with Gasteiger partial charge in [0.05, 0.1) is 17.9 Å². The fourth-order valence-electron chi connectivity index (χ4n) is 7.29. The van der Waals surface area contributed by atoms with Crippen LogP contribution >= 0.6 is 15.9 Å². The lowest BCUT2D eigenvalue weighted by Gasteiger charge is -2.37. The third-order valence-corrected chi connectivity index (χ3v) is 9.98. The molecule has 2 bridgehead atoms. The number of hydrogen-bond donors (Lipinski definition) is 1. The summed E-state index contributed by atoms with van der Waals surface area (Å²) in [6, 6.07) is 6.97. The van der Waals surface area contributed by atoms with E-state index >= 15 is 0 Å². The normalized spacial score (nSPS) is 27.2. The molecule has 1 aromatic carbocycles. The molecule has 3 aliphatic heterocycles. The van der Waals surface area contributed by atoms with E-state index in [0.717, 1.165) is 25.2 Å². The number of halogens is 1. The zero-order valence-corrected chi connectivity index (χ0v) is 27.4. The van der Waals surface area contributed by atoms with Gasteiger partial charge in [-0.2, -0.15) is 0 Å². The van der Waals surface area contributed by atoms with Gasteiger partial charge in [-0.25, -0.2) is 0 Å². The Morgan fingerprint density at radius 1 is 1.07 bits per heavy atom. The topological polar surface area (TPSA) is 93.6 Å². The number of hydrogen-bond acceptors (Lipinski definition) is 6. The number of aliphatic hydroxyl groups is 1. The fraction of sp³-hybridized carbons (Fsp3) is 0.606. The lowest BCUT2D eigenvalue weighted by Crippen LogP contribution is -2.57. The number of nitrogens with zero attached hydrogens (tertiary/aromatic N) is 4. The number of ether oxygens (including phenoxy) is 1. The van der Waals surface area contributed by atoms with Gasteiger partial charge < -0.3 is 29.4 Å². The number of rotatable bonds is 16. The first-order chi connectivity index (χ1) is 20.7. The summed E-state index contributed by atoms with van der Waals surface area (Å²) < 4.78 is 6.71. The van der Waals surface area contributed by atoms with E-state index in [2.05, 4.69) is 47.8 Å². The summed E-state index contributed by atoms with van der Waals surface area (Å²) in [6.07, 6.45) is 5.13. The van der Waals surface area contributed by atoms with E-state index in [9.17, 15) is 19.5 Å². The van der Waals surface area contributed by atoms with Crippen molar-refractivity contribution in [3.05, 3.63) is 49.6 Å². The maximum atomic E-state index is 14.7. The van der Waals surface area contributed by atoms with Gasteiger partial charge in [0.15, 0.2) is 0 Å². The molecule has 3 heterocycles. The SMILES string of the molecule is C=CCN(CCC)C(=O)[C@H]1[C@@H]2OC3(CC2Br)C(C(=O)N(CC=C)c2ccc(N(CC)CC)cc2)N(CCCCO)C(=O)[C@H]13. The van der Waals surface area contributed by atoms with Crippen LogP contribution in [0, 0.1) is 11.8 Å². The molecule has 3 fully saturated rings. The quantitative estimate of drug-likeness (QED) is 0.164. The van der Waals surface area contributed by atoms with Crippen LogP contribution in [0.15, 0.2) is 49.6 Å². The predicted molar refractivity (Wildman–Crippen MR) is 173 cm³/mol. The maximum absolute atomic E-state index is 14.7. The molecule has 0 radical (unpaired) electrons. The Hall–Kier alpha value is -2.69. The first-order valence-corrected chi connectivity index (χ1v) is 16.6. The molecule has 43 heavy (non-hydrogen) atoms. The predicted octanol–water partition coefficient (Wildman–Crippen LogP) is 4.00. The molecule has 236 valence electrons. The number of fused-ring (bicyclic) bond motifs is 1. The van der Waals surface area contributed by atoms with Gasteiger partial charge >= 0.3 is 0 Å². The summed E-state index contributed by atoms with van der Waals surface area (Å²) in [6.45, 7) is 17.2. The number of carbonyl (C=O) groups is 3. The molecule has 1 N–H and O–H groups in total. The smallest absolute Gasteiger partial charge is 0.253 e. The summed E-state index contributed by atoms with van der Waals surface area (Å²) >= 11 is 3.77. The monoisotopic (exact) mass is 658 g/mol. The minimum atomic E-state index is -1.14. The average molecular weight is 660 g/mol. The average Bonchev–Trinajstić information content (AvgIpc) is 3.59. The lowest BCUT2D eigenvalue weighted by atomic mass is 9.70. The Bertz CT molecular complexity index is 1170. The zero-order chi connectivity index (χ0) is 31.3. The van der Waals surface area contributed by atoms with Crippen LogP contribution in [0.3, 0.4) is 0 Å². The third kappa shape index (κ3) is 6.02. The van der Waals surface area contributed by atoms with Gasteiger partial charge in [0.1, 0.15) is 11.6 Å². The summed E-state index contributed by atoms with van der Waals surface area (Å²) in [5, 5.41) is 9.48. The number of anilines is 2. The highest BCUT2D eigenvalue weighted by Crippen LogP contribution is 2.60. The van der Waals surface area contributed by atoms with Crippen LogP contribution in [-0.2, 0) is 19.1 Å². The molecular weight excluding hydrogens is 612 g/mol. The molecule has 3 aliphatic rings. The molecule has 1 spiro atoms. The maximum Gasteiger partial charge on any atom is 0.253 e. The van der Waals surface area contributed by atoms with Crippen LogP contribution in [0.2, 0.25) is 0 Å². The van der Waals surface area contributed by atoms with E-state index in [1.807, 2.05) is 31.2 Å². The number of likely N-dealkylation sites (tertiary alicyclic amines) is 1. The molecule has 3 amide bonds. The van der Waals surface area contributed by atoms with Crippen molar-refractivity contribution in [3.63, 3.8) is 0 Å². The standard InChI is InChI=1S/C33H47BrN4O5/c1-6-17-36(18-7-2)30(40)26-27-31(41)38(20-11-12-21-39)29(33(27)22-25(34)28(26)43-33)32(42)37(19-8-3)24-15-13-23(14-16-24)35(9-4)10-5/h6,8,13-16,25-29,39H,1,3,7,9-12,17-22H2,2,4-5H3/t25?,26-,27+,28-,29?,33?/m1/s1. The number of unbranched alkanes of at least 4 members (excludes halogenated alkanes) is 1. The molecule has 0 aromatic heterocycles. The summed E-state index contributed by atoms with van der Waals surface area (Å²) in [4.78, 5) is 50.2. The highest BCUT2D eigenvalue weighted by atomic mass is 79.9. The van der Waals surface area contributed by atoms with Crippen LogP contribution in [0.25, 0.3) is 0 Å². The number of aliphatic hydroxyl groups excluding tert-OH is 1. The van der Waals surface area contributed by atoms with Crippen molar-refractivity contribution in [2.45, 2.75) is 69.0 Å². The first kappa shape index (κ1) is 33.2. The Balaban J connectivity index is 1.75. The van der Waals surface area contributed by atoms with Gasteiger partial charge in [0, 0.05) is 62.1 Å². The second-order valence-electron chi connectivity index (χ2n) is 11.6. The molecule has 10 heteroatoms. The van der Waals surface area contributed by atoms with Crippen molar-refractivity contribution >= 4 is 45.0 Å². The molecule has 3 saturated heterocycles. The Morgan fingerprint density at radius 3 is 2.30 bits per heavy atom. The molecular formula is C33H47BrN4O5. The molecule has 6 atom stereocenters. The Morgan fingerprint density at radius 2 is 1.72 bits per heavy atom. The van der Waals surface area contributed by atoms with Gasteiger partial charge in [-0.15, -0.1) is 13.2 Å². The third-order valence-electron chi connectivity index (χ3n) is 9.14. The number of alkyl halides is 1. The number of benzene rings is 1. The lowest BCUT2D eigenvalue weighted by molar-refractivity contribution is -0.145. The molecule has 9 nitrogen and oxygen atoms in total. The molecule has 1 aromatic rings. The van der Waals surface area contributed by atoms with E-state index in [4.69, 9.17) is 4.74 Å². The minimum Gasteiger partial charge on any atom is -0.396 e. The van der Waals surface area contributed by atoms with Crippen molar-refractivity contribution in [2.24, 2.45) is 11.8 Å². The van der Waals surface area contributed by atoms with Crippen molar-refractivity contribution in [1.82, 2.24) is 9.80 Å². The summed E-state index contributed by atoms with van der Waals surface area (Å²) in [5.74, 6) is -2.06. The molecule has 4 rings (SSSR count). The highest BCUT2D eigenvalue weighted by Gasteiger charge is 2.76. The fourth-order valence-corrected chi connectivity index (χ4v) is 8.23. The largest absolute Gasteiger partial charge is 0.396 e. The van der Waals surface area contributed by atoms with Crippen LogP contribution in [0.4, 0.5) is 11.4 Å². The summed E-state index contributed by atoms with van der Waals surface area (Å²) in [7, 11) is 0. The Labute approximate surface area is 264 Å². The Kier molecular flexibility index (Phi) is 11.1. The second kappa shape index (κ2) is 14.4. The van der Waals surface area contributed by atoms with Gasteiger partial charge in [-0.3, -0.25) is 14.4 Å². The van der Waals surface area contributed by atoms with E-state index < -0.39 is 29.6 Å². The van der Waals surface area contributed by atoms with Crippen molar-refractivity contribution in [3.8, 4) is 0 Å². The van der Waals surface area contributed by atoms with Gasteiger partial charge in [0.25, 0.3) is 5.91 Å². The molecule has 0 saturated carbocycles. The van der Waals surface area contributed by atoms with Crippen molar-refractivity contribution in [2.75, 3.05) is 55.7 Å². The van der Waals surface area contributed by atoms with Crippen LogP contribution in [-0.4, -0.2) is 101 Å². The van der Waals surface area contributed by atoms with Gasteiger partial charge in [0.2, 0.25) is 11.8 Å². The van der Waals surface area contributed by atoms with Gasteiger partial charge in [-0.05, 0) is 63.8 Å². The summed E-state index contributed by atoms with van der Waals surface area (Å²) in [5.41, 5.74) is 0.635.